The molecule has 0 saturated heterocycles. The van der Waals surface area contributed by atoms with E-state index in [1.807, 2.05) is 27.7 Å². The average Bonchev–Trinajstić information content (AvgIpc) is 2.17. The Balaban J connectivity index is 2.84. The van der Waals surface area contributed by atoms with Crippen LogP contribution in [0.2, 0.25) is 0 Å². The molecule has 0 heterocycles. The SMILES string of the molecule is CCOC1(C(=O)C(C)(C)C)CCCCC1. The summed E-state index contributed by atoms with van der Waals surface area (Å²) < 4.78 is 5.81. The number of carbonyl (C=O) groups is 1. The van der Waals surface area contributed by atoms with Gasteiger partial charge in [0, 0.05) is 12.0 Å². The van der Waals surface area contributed by atoms with Crippen molar-refractivity contribution in [3.05, 3.63) is 0 Å². The predicted molar refractivity (Wildman–Crippen MR) is 61.9 cm³/mol. The van der Waals surface area contributed by atoms with E-state index in [9.17, 15) is 4.79 Å². The quantitative estimate of drug-likeness (QED) is 0.717. The second-order valence-corrected chi connectivity index (χ2v) is 5.57. The molecule has 0 aromatic heterocycles. The summed E-state index contributed by atoms with van der Waals surface area (Å²) >= 11 is 0. The number of hydrogen-bond acceptors (Lipinski definition) is 2. The highest BCUT2D eigenvalue weighted by Gasteiger charge is 2.44. The van der Waals surface area contributed by atoms with Crippen molar-refractivity contribution in [2.24, 2.45) is 5.41 Å². The van der Waals surface area contributed by atoms with E-state index < -0.39 is 5.60 Å². The molecule has 1 aliphatic rings. The Morgan fingerprint density at radius 3 is 2.13 bits per heavy atom. The van der Waals surface area contributed by atoms with Crippen molar-refractivity contribution in [2.45, 2.75) is 65.4 Å². The third-order valence-electron chi connectivity index (χ3n) is 3.18. The molecule has 0 unspecified atom stereocenters. The second-order valence-electron chi connectivity index (χ2n) is 5.57. The second kappa shape index (κ2) is 4.65. The van der Waals surface area contributed by atoms with E-state index in [2.05, 4.69) is 0 Å². The van der Waals surface area contributed by atoms with Crippen LogP contribution in [0.3, 0.4) is 0 Å². The molecule has 0 bridgehead atoms. The minimum Gasteiger partial charge on any atom is -0.367 e. The van der Waals surface area contributed by atoms with Gasteiger partial charge < -0.3 is 4.74 Å². The van der Waals surface area contributed by atoms with Crippen LogP contribution < -0.4 is 0 Å². The normalized spacial score (nSPS) is 21.3. The van der Waals surface area contributed by atoms with Gasteiger partial charge in [-0.05, 0) is 19.8 Å². The molecule has 0 N–H and O–H groups in total. The van der Waals surface area contributed by atoms with E-state index in [0.29, 0.717) is 6.61 Å². The predicted octanol–water partition coefficient (Wildman–Crippen LogP) is 3.34. The summed E-state index contributed by atoms with van der Waals surface area (Å²) in [6, 6.07) is 0. The zero-order chi connectivity index (χ0) is 11.5. The van der Waals surface area contributed by atoms with E-state index in [0.717, 1.165) is 25.7 Å². The Hall–Kier alpha value is -0.370. The van der Waals surface area contributed by atoms with Crippen LogP contribution in [-0.2, 0) is 9.53 Å². The minimum atomic E-state index is -0.467. The first-order valence-corrected chi connectivity index (χ1v) is 6.11. The Labute approximate surface area is 93.4 Å². The maximum Gasteiger partial charge on any atom is 0.169 e. The molecule has 88 valence electrons. The Morgan fingerprint density at radius 2 is 1.73 bits per heavy atom. The molecule has 1 rings (SSSR count). The van der Waals surface area contributed by atoms with Crippen molar-refractivity contribution >= 4 is 5.78 Å². The molecule has 2 nitrogen and oxygen atoms in total. The first-order chi connectivity index (χ1) is 6.92. The molecule has 1 saturated carbocycles. The number of ether oxygens (including phenoxy) is 1. The van der Waals surface area contributed by atoms with Crippen molar-refractivity contribution in [1.82, 2.24) is 0 Å². The van der Waals surface area contributed by atoms with Gasteiger partial charge in [0.25, 0.3) is 0 Å². The number of Topliss-reactive ketones (excluding diaryl/α,β-unsaturated/α-hetero) is 1. The zero-order valence-corrected chi connectivity index (χ0v) is 10.6. The lowest BCUT2D eigenvalue weighted by molar-refractivity contribution is -0.157. The molecular weight excluding hydrogens is 188 g/mol. The van der Waals surface area contributed by atoms with Gasteiger partial charge >= 0.3 is 0 Å². The van der Waals surface area contributed by atoms with Crippen molar-refractivity contribution in [2.75, 3.05) is 6.61 Å². The number of hydrogen-bond donors (Lipinski definition) is 0. The minimum absolute atomic E-state index is 0.285. The van der Waals surface area contributed by atoms with Gasteiger partial charge in [0.1, 0.15) is 5.60 Å². The fourth-order valence-electron chi connectivity index (χ4n) is 2.52. The van der Waals surface area contributed by atoms with Crippen LogP contribution in [0.15, 0.2) is 0 Å². The lowest BCUT2D eigenvalue weighted by Gasteiger charge is -2.39. The highest BCUT2D eigenvalue weighted by atomic mass is 16.5. The summed E-state index contributed by atoms with van der Waals surface area (Å²) in [6.45, 7) is 8.59. The lowest BCUT2D eigenvalue weighted by atomic mass is 9.73. The fraction of sp³-hybridized carbons (Fsp3) is 0.923. The van der Waals surface area contributed by atoms with Crippen LogP contribution in [0.5, 0.6) is 0 Å². The van der Waals surface area contributed by atoms with Gasteiger partial charge in [-0.15, -0.1) is 0 Å². The molecule has 0 aliphatic heterocycles. The van der Waals surface area contributed by atoms with E-state index in [-0.39, 0.29) is 11.2 Å². The zero-order valence-electron chi connectivity index (χ0n) is 10.6. The van der Waals surface area contributed by atoms with Gasteiger partial charge in [0.15, 0.2) is 5.78 Å². The van der Waals surface area contributed by atoms with Crippen LogP contribution in [0.4, 0.5) is 0 Å². The summed E-state index contributed by atoms with van der Waals surface area (Å²) in [5.41, 5.74) is -0.752. The molecule has 1 aliphatic carbocycles. The summed E-state index contributed by atoms with van der Waals surface area (Å²) in [5.74, 6) is 0.288. The van der Waals surface area contributed by atoms with Crippen LogP contribution in [0.1, 0.15) is 59.8 Å². The maximum atomic E-state index is 12.4. The van der Waals surface area contributed by atoms with Crippen molar-refractivity contribution in [3.8, 4) is 0 Å². The largest absolute Gasteiger partial charge is 0.367 e. The molecule has 0 spiro atoms. The van der Waals surface area contributed by atoms with Crippen molar-refractivity contribution in [3.63, 3.8) is 0 Å². The van der Waals surface area contributed by atoms with Gasteiger partial charge in [-0.25, -0.2) is 0 Å². The molecule has 0 amide bonds. The first-order valence-electron chi connectivity index (χ1n) is 6.11. The number of rotatable bonds is 3. The number of carbonyl (C=O) groups excluding carboxylic acids is 1. The van der Waals surface area contributed by atoms with Gasteiger partial charge in [-0.1, -0.05) is 40.0 Å². The Kier molecular flexibility index (Phi) is 3.93. The van der Waals surface area contributed by atoms with Gasteiger partial charge in [0.05, 0.1) is 0 Å². The van der Waals surface area contributed by atoms with Crippen LogP contribution in [0.25, 0.3) is 0 Å². The molecule has 0 radical (unpaired) electrons. The van der Waals surface area contributed by atoms with Crippen molar-refractivity contribution in [1.29, 1.82) is 0 Å². The molecule has 0 aromatic carbocycles. The molecule has 15 heavy (non-hydrogen) atoms. The van der Waals surface area contributed by atoms with Gasteiger partial charge in [0.2, 0.25) is 0 Å². The highest BCUT2D eigenvalue weighted by molar-refractivity contribution is 5.91. The lowest BCUT2D eigenvalue weighted by Crippen LogP contribution is -2.49. The van der Waals surface area contributed by atoms with Gasteiger partial charge in [-0.2, -0.15) is 0 Å². The van der Waals surface area contributed by atoms with E-state index in [1.165, 1.54) is 6.42 Å². The van der Waals surface area contributed by atoms with Gasteiger partial charge in [-0.3, -0.25) is 4.79 Å². The summed E-state index contributed by atoms with van der Waals surface area (Å²) in [4.78, 5) is 12.4. The van der Waals surface area contributed by atoms with E-state index >= 15 is 0 Å². The first kappa shape index (κ1) is 12.7. The highest BCUT2D eigenvalue weighted by Crippen LogP contribution is 2.37. The molecule has 0 atom stereocenters. The summed E-state index contributed by atoms with van der Waals surface area (Å²) in [6.07, 6.45) is 5.32. The van der Waals surface area contributed by atoms with Crippen LogP contribution >= 0.6 is 0 Å². The standard InChI is InChI=1S/C13H24O2/c1-5-15-13(9-7-6-8-10-13)11(14)12(2,3)4/h5-10H2,1-4H3. The monoisotopic (exact) mass is 212 g/mol. The molecular formula is C13H24O2. The summed E-state index contributed by atoms with van der Waals surface area (Å²) in [5, 5.41) is 0. The number of ketones is 1. The fourth-order valence-corrected chi connectivity index (χ4v) is 2.52. The molecule has 1 fully saturated rings. The van der Waals surface area contributed by atoms with Crippen LogP contribution in [0, 0.1) is 5.41 Å². The Morgan fingerprint density at radius 1 is 1.20 bits per heavy atom. The van der Waals surface area contributed by atoms with E-state index in [1.54, 1.807) is 0 Å². The van der Waals surface area contributed by atoms with E-state index in [4.69, 9.17) is 4.74 Å². The maximum absolute atomic E-state index is 12.4. The third-order valence-corrected chi connectivity index (χ3v) is 3.18. The topological polar surface area (TPSA) is 26.3 Å². The Bertz CT molecular complexity index is 214. The average molecular weight is 212 g/mol. The molecule has 2 heteroatoms. The third kappa shape index (κ3) is 2.81. The smallest absolute Gasteiger partial charge is 0.169 e. The van der Waals surface area contributed by atoms with Crippen molar-refractivity contribution < 1.29 is 9.53 Å². The summed E-state index contributed by atoms with van der Waals surface area (Å²) in [7, 11) is 0. The van der Waals surface area contributed by atoms with Crippen LogP contribution in [-0.4, -0.2) is 18.0 Å². The molecule has 0 aromatic rings.